The van der Waals surface area contributed by atoms with E-state index in [0.29, 0.717) is 0 Å². The van der Waals surface area contributed by atoms with Crippen LogP contribution in [0.4, 0.5) is 17.1 Å². The van der Waals surface area contributed by atoms with Crippen molar-refractivity contribution in [3.8, 4) is 33.4 Å². The summed E-state index contributed by atoms with van der Waals surface area (Å²) >= 11 is 1.90. The molecule has 0 aliphatic heterocycles. The summed E-state index contributed by atoms with van der Waals surface area (Å²) in [6.07, 6.45) is 0. The maximum absolute atomic E-state index is 2.44. The molecule has 1 aromatic heterocycles. The summed E-state index contributed by atoms with van der Waals surface area (Å²) in [5, 5.41) is 10.1. The second-order valence-electron chi connectivity index (χ2n) is 14.5. The monoisotopic (exact) mass is 729 g/mol. The quantitative estimate of drug-likeness (QED) is 0.165. The molecule has 0 saturated heterocycles. The highest BCUT2D eigenvalue weighted by atomic mass is 32.1. The Balaban J connectivity index is 1.09. The topological polar surface area (TPSA) is 3.24 Å². The summed E-state index contributed by atoms with van der Waals surface area (Å²) in [4.78, 5) is 2.44. The van der Waals surface area contributed by atoms with E-state index in [0.717, 1.165) is 11.4 Å². The Morgan fingerprint density at radius 3 is 1.59 bits per heavy atom. The fourth-order valence-corrected chi connectivity index (χ4v) is 9.82. The van der Waals surface area contributed by atoms with E-state index in [2.05, 4.69) is 217 Å². The van der Waals surface area contributed by atoms with Crippen molar-refractivity contribution in [3.05, 3.63) is 212 Å². The highest BCUT2D eigenvalue weighted by Crippen LogP contribution is 2.49. The summed E-state index contributed by atoms with van der Waals surface area (Å²) in [6, 6.07) is 77.6. The molecule has 0 amide bonds. The van der Waals surface area contributed by atoms with Crippen LogP contribution in [0.5, 0.6) is 0 Å². The third-order valence-electron chi connectivity index (χ3n) is 11.2. The average molecular weight is 730 g/mol. The van der Waals surface area contributed by atoms with Crippen molar-refractivity contribution < 1.29 is 0 Å². The van der Waals surface area contributed by atoms with Crippen LogP contribution in [0.3, 0.4) is 0 Å². The van der Waals surface area contributed by atoms with Crippen LogP contribution in [0, 0.1) is 0 Å². The lowest BCUT2D eigenvalue weighted by Gasteiger charge is -2.26. The van der Waals surface area contributed by atoms with Gasteiger partial charge in [-0.25, -0.2) is 0 Å². The molecule has 0 bridgehead atoms. The minimum atomic E-state index is 1.12. The molecule has 262 valence electrons. The van der Waals surface area contributed by atoms with E-state index in [9.17, 15) is 0 Å². The van der Waals surface area contributed by atoms with E-state index in [4.69, 9.17) is 0 Å². The lowest BCUT2D eigenvalue weighted by atomic mass is 9.92. The van der Waals surface area contributed by atoms with Gasteiger partial charge in [0.05, 0.1) is 10.4 Å². The molecule has 0 unspecified atom stereocenters. The van der Waals surface area contributed by atoms with Gasteiger partial charge in [0, 0.05) is 32.2 Å². The number of thiophene rings is 1. The molecular formula is C54H35NS. The lowest BCUT2D eigenvalue weighted by molar-refractivity contribution is 1.31. The molecule has 10 aromatic carbocycles. The van der Waals surface area contributed by atoms with E-state index < -0.39 is 0 Å². The number of fused-ring (bicyclic) bond motifs is 7. The summed E-state index contributed by atoms with van der Waals surface area (Å²) < 4.78 is 2.59. The van der Waals surface area contributed by atoms with Crippen molar-refractivity contribution in [2.45, 2.75) is 0 Å². The van der Waals surface area contributed by atoms with E-state index in [-0.39, 0.29) is 0 Å². The molecule has 0 aliphatic carbocycles. The average Bonchev–Trinajstić information content (AvgIpc) is 3.66. The number of rotatable bonds is 6. The van der Waals surface area contributed by atoms with Crippen molar-refractivity contribution in [3.63, 3.8) is 0 Å². The van der Waals surface area contributed by atoms with Crippen LogP contribution in [-0.2, 0) is 0 Å². The predicted molar refractivity (Wildman–Crippen MR) is 243 cm³/mol. The molecule has 0 radical (unpaired) electrons. The van der Waals surface area contributed by atoms with Gasteiger partial charge in [-0.2, -0.15) is 0 Å². The van der Waals surface area contributed by atoms with Crippen LogP contribution in [0.2, 0.25) is 0 Å². The van der Waals surface area contributed by atoms with Crippen LogP contribution in [0.15, 0.2) is 212 Å². The van der Waals surface area contributed by atoms with Crippen molar-refractivity contribution >= 4 is 80.9 Å². The molecule has 0 N–H and O–H groups in total. The van der Waals surface area contributed by atoms with Crippen molar-refractivity contribution in [1.82, 2.24) is 0 Å². The van der Waals surface area contributed by atoms with Crippen LogP contribution < -0.4 is 4.90 Å². The lowest BCUT2D eigenvalue weighted by Crippen LogP contribution is -2.10. The molecule has 1 nitrogen and oxygen atoms in total. The molecule has 0 saturated carbocycles. The van der Waals surface area contributed by atoms with Gasteiger partial charge < -0.3 is 4.90 Å². The molecule has 0 fully saturated rings. The van der Waals surface area contributed by atoms with E-state index in [1.807, 2.05) is 11.3 Å². The largest absolute Gasteiger partial charge is 0.309 e. The minimum absolute atomic E-state index is 1.12. The number of hydrogen-bond acceptors (Lipinski definition) is 2. The van der Waals surface area contributed by atoms with Crippen molar-refractivity contribution in [2.24, 2.45) is 0 Å². The Morgan fingerprint density at radius 1 is 0.286 bits per heavy atom. The highest BCUT2D eigenvalue weighted by molar-refractivity contribution is 7.27. The normalized spacial score (nSPS) is 11.6. The summed E-state index contributed by atoms with van der Waals surface area (Å²) in [7, 11) is 0. The molecule has 56 heavy (non-hydrogen) atoms. The summed E-state index contributed by atoms with van der Waals surface area (Å²) in [5.74, 6) is 0. The first-order chi connectivity index (χ1) is 27.8. The maximum Gasteiger partial charge on any atom is 0.0640 e. The molecule has 11 aromatic rings. The highest BCUT2D eigenvalue weighted by Gasteiger charge is 2.21. The molecule has 0 aliphatic rings. The summed E-state index contributed by atoms with van der Waals surface area (Å²) in [5.41, 5.74) is 10.8. The molecular weight excluding hydrogens is 695 g/mol. The Hall–Kier alpha value is -7.00. The van der Waals surface area contributed by atoms with Crippen LogP contribution in [-0.4, -0.2) is 0 Å². The number of benzene rings is 10. The van der Waals surface area contributed by atoms with Crippen LogP contribution in [0.25, 0.3) is 85.9 Å². The number of nitrogens with zero attached hydrogens (tertiary/aromatic N) is 1. The Labute approximate surface area is 330 Å². The van der Waals surface area contributed by atoms with Gasteiger partial charge in [0.25, 0.3) is 0 Å². The zero-order valence-electron chi connectivity index (χ0n) is 30.6. The van der Waals surface area contributed by atoms with Crippen molar-refractivity contribution in [1.29, 1.82) is 0 Å². The van der Waals surface area contributed by atoms with Gasteiger partial charge in [-0.15, -0.1) is 11.3 Å². The van der Waals surface area contributed by atoms with Gasteiger partial charge >= 0.3 is 0 Å². The summed E-state index contributed by atoms with van der Waals surface area (Å²) in [6.45, 7) is 0. The fraction of sp³-hybridized carbons (Fsp3) is 0. The maximum atomic E-state index is 2.44. The van der Waals surface area contributed by atoms with Crippen LogP contribution >= 0.6 is 11.3 Å². The van der Waals surface area contributed by atoms with Gasteiger partial charge in [-0.05, 0) is 96.7 Å². The number of hydrogen-bond donors (Lipinski definition) is 0. The van der Waals surface area contributed by atoms with E-state index >= 15 is 0 Å². The van der Waals surface area contributed by atoms with Gasteiger partial charge in [0.2, 0.25) is 0 Å². The Kier molecular flexibility index (Phi) is 7.75. The number of anilines is 3. The first-order valence-corrected chi connectivity index (χ1v) is 20.0. The van der Waals surface area contributed by atoms with Gasteiger partial charge in [-0.3, -0.25) is 0 Å². The molecule has 1 heterocycles. The third kappa shape index (κ3) is 5.46. The molecule has 11 rings (SSSR count). The van der Waals surface area contributed by atoms with E-state index in [1.165, 1.54) is 91.6 Å². The van der Waals surface area contributed by atoms with Crippen molar-refractivity contribution in [2.75, 3.05) is 4.90 Å². The van der Waals surface area contributed by atoms with Gasteiger partial charge in [-0.1, -0.05) is 176 Å². The smallest absolute Gasteiger partial charge is 0.0640 e. The first kappa shape index (κ1) is 32.4. The van der Waals surface area contributed by atoms with Crippen LogP contribution in [0.1, 0.15) is 0 Å². The zero-order valence-corrected chi connectivity index (χ0v) is 31.4. The third-order valence-corrected chi connectivity index (χ3v) is 12.5. The second-order valence-corrected chi connectivity index (χ2v) is 15.5. The first-order valence-electron chi connectivity index (χ1n) is 19.2. The molecule has 2 heteroatoms. The molecule has 0 spiro atoms. The standard InChI is InChI=1S/C54H35NS/c1-2-12-36(13-3-1)38-24-26-39(27-25-38)40-28-31-43(32-29-40)55(44-33-30-37-14-4-5-16-42(37)34-44)52-23-11-22-49-51-35-50(46-21-10-17-41-15-6-7-18-45(41)46)47-19-8-9-20-48(47)53(51)56-54(49)52/h1-35H. The Bertz CT molecular complexity index is 3230. The predicted octanol–water partition coefficient (Wildman–Crippen LogP) is 16.0. The SMILES string of the molecule is c1ccc(-c2ccc(-c3ccc(N(c4ccc5ccccc5c4)c4cccc5c4sc4c6ccccc6c(-c6cccc7ccccc67)cc54)cc3)cc2)cc1. The van der Waals surface area contributed by atoms with Gasteiger partial charge in [0.1, 0.15) is 0 Å². The molecule has 0 atom stereocenters. The van der Waals surface area contributed by atoms with Gasteiger partial charge in [0.15, 0.2) is 0 Å². The second kappa shape index (κ2) is 13.4. The fourth-order valence-electron chi connectivity index (χ4n) is 8.50. The van der Waals surface area contributed by atoms with E-state index in [1.54, 1.807) is 0 Å². The zero-order chi connectivity index (χ0) is 37.0. The Morgan fingerprint density at radius 2 is 0.821 bits per heavy atom. The minimum Gasteiger partial charge on any atom is -0.309 e.